The summed E-state index contributed by atoms with van der Waals surface area (Å²) in [5.74, 6) is -1.93. The zero-order chi connectivity index (χ0) is 13.1. The number of carbonyl (C=O) groups excluding carboxylic acids is 1. The summed E-state index contributed by atoms with van der Waals surface area (Å²) in [5, 5.41) is 8.69. The average Bonchev–Trinajstić information content (AvgIpc) is 2.75. The summed E-state index contributed by atoms with van der Waals surface area (Å²) in [4.78, 5) is 27.6. The van der Waals surface area contributed by atoms with E-state index >= 15 is 0 Å². The van der Waals surface area contributed by atoms with Crippen LogP contribution < -0.4 is 0 Å². The molecule has 1 aromatic rings. The number of hydrogen-bond acceptors (Lipinski definition) is 3. The molecule has 1 aromatic heterocycles. The molecule has 18 heavy (non-hydrogen) atoms. The first-order chi connectivity index (χ1) is 8.56. The van der Waals surface area contributed by atoms with Gasteiger partial charge in [-0.1, -0.05) is 6.07 Å². The molecule has 1 unspecified atom stereocenters. The highest BCUT2D eigenvalue weighted by atomic mass is 19.1. The lowest BCUT2D eigenvalue weighted by Crippen LogP contribution is -2.29. The lowest BCUT2D eigenvalue weighted by Gasteiger charge is -2.15. The fourth-order valence-corrected chi connectivity index (χ4v) is 2.12. The number of halogens is 1. The van der Waals surface area contributed by atoms with Crippen LogP contribution in [0, 0.1) is 11.9 Å². The van der Waals surface area contributed by atoms with Crippen molar-refractivity contribution in [1.29, 1.82) is 0 Å². The highest BCUT2D eigenvalue weighted by Crippen LogP contribution is 2.21. The van der Waals surface area contributed by atoms with Gasteiger partial charge in [0.05, 0.1) is 0 Å². The highest BCUT2D eigenvalue weighted by molar-refractivity contribution is 5.92. The first kappa shape index (κ1) is 12.5. The summed E-state index contributed by atoms with van der Waals surface area (Å²) in [5.41, 5.74) is 0.0611. The molecule has 0 saturated carbocycles. The van der Waals surface area contributed by atoms with Crippen molar-refractivity contribution in [3.05, 3.63) is 29.8 Å². The Morgan fingerprint density at radius 1 is 1.50 bits per heavy atom. The van der Waals surface area contributed by atoms with E-state index in [0.29, 0.717) is 19.5 Å². The minimum absolute atomic E-state index is 0.0278. The predicted molar refractivity (Wildman–Crippen MR) is 60.5 cm³/mol. The molecule has 0 spiro atoms. The van der Waals surface area contributed by atoms with E-state index in [9.17, 15) is 14.0 Å². The first-order valence-electron chi connectivity index (χ1n) is 5.70. The van der Waals surface area contributed by atoms with Gasteiger partial charge < -0.3 is 10.0 Å². The van der Waals surface area contributed by atoms with E-state index in [-0.39, 0.29) is 23.9 Å². The van der Waals surface area contributed by atoms with Crippen molar-refractivity contribution < 1.29 is 19.1 Å². The van der Waals surface area contributed by atoms with Crippen LogP contribution in [0.15, 0.2) is 18.2 Å². The molecule has 2 heterocycles. The van der Waals surface area contributed by atoms with Crippen LogP contribution in [-0.2, 0) is 4.79 Å². The first-order valence-corrected chi connectivity index (χ1v) is 5.70. The molecule has 1 fully saturated rings. The fraction of sp³-hybridized carbons (Fsp3) is 0.417. The zero-order valence-corrected chi connectivity index (χ0v) is 9.67. The van der Waals surface area contributed by atoms with Gasteiger partial charge in [-0.2, -0.15) is 4.39 Å². The van der Waals surface area contributed by atoms with E-state index in [1.807, 2.05) is 0 Å². The van der Waals surface area contributed by atoms with Crippen LogP contribution in [0.25, 0.3) is 0 Å². The maximum atomic E-state index is 12.9. The molecule has 0 aromatic carbocycles. The molecule has 96 valence electrons. The second kappa shape index (κ2) is 5.12. The Morgan fingerprint density at radius 2 is 2.28 bits per heavy atom. The van der Waals surface area contributed by atoms with Crippen molar-refractivity contribution >= 4 is 11.9 Å². The molecule has 1 saturated heterocycles. The molecule has 1 aliphatic rings. The van der Waals surface area contributed by atoms with Gasteiger partial charge in [-0.05, 0) is 24.5 Å². The molecule has 1 N–H and O–H groups in total. The summed E-state index contributed by atoms with van der Waals surface area (Å²) in [6.45, 7) is 0.887. The quantitative estimate of drug-likeness (QED) is 0.819. The maximum Gasteiger partial charge on any atom is 0.303 e. The van der Waals surface area contributed by atoms with Gasteiger partial charge in [0.2, 0.25) is 5.95 Å². The second-order valence-corrected chi connectivity index (χ2v) is 4.35. The van der Waals surface area contributed by atoms with Gasteiger partial charge >= 0.3 is 5.97 Å². The Balaban J connectivity index is 2.01. The number of aliphatic carboxylic acids is 1. The third-order valence-corrected chi connectivity index (χ3v) is 2.97. The van der Waals surface area contributed by atoms with Crippen LogP contribution in [0.2, 0.25) is 0 Å². The Bertz CT molecular complexity index is 478. The third-order valence-electron chi connectivity index (χ3n) is 2.97. The van der Waals surface area contributed by atoms with E-state index in [0.717, 1.165) is 0 Å². The molecular formula is C12H13FN2O3. The Morgan fingerprint density at radius 3 is 2.94 bits per heavy atom. The number of aromatic nitrogens is 1. The smallest absolute Gasteiger partial charge is 0.303 e. The van der Waals surface area contributed by atoms with Crippen LogP contribution >= 0.6 is 0 Å². The number of rotatable bonds is 3. The monoisotopic (exact) mass is 252 g/mol. The van der Waals surface area contributed by atoms with E-state index in [1.165, 1.54) is 23.1 Å². The summed E-state index contributed by atoms with van der Waals surface area (Å²) >= 11 is 0. The SMILES string of the molecule is O=C(O)CC1CCN(C(=O)c2cccc(F)n2)C1. The zero-order valence-electron chi connectivity index (χ0n) is 9.67. The Kier molecular flexibility index (Phi) is 3.55. The number of carbonyl (C=O) groups is 2. The Hall–Kier alpha value is -1.98. The summed E-state index contributed by atoms with van der Waals surface area (Å²) < 4.78 is 12.9. The van der Waals surface area contributed by atoms with Gasteiger partial charge in [0.1, 0.15) is 5.69 Å². The van der Waals surface area contributed by atoms with Crippen molar-refractivity contribution in [2.24, 2.45) is 5.92 Å². The molecule has 5 nitrogen and oxygen atoms in total. The van der Waals surface area contributed by atoms with E-state index < -0.39 is 11.9 Å². The van der Waals surface area contributed by atoms with Crippen molar-refractivity contribution in [1.82, 2.24) is 9.88 Å². The van der Waals surface area contributed by atoms with Crippen LogP contribution in [-0.4, -0.2) is 40.0 Å². The maximum absolute atomic E-state index is 12.9. The van der Waals surface area contributed by atoms with Crippen LogP contribution in [0.1, 0.15) is 23.3 Å². The number of nitrogens with zero attached hydrogens (tertiary/aromatic N) is 2. The van der Waals surface area contributed by atoms with Crippen molar-refractivity contribution in [2.45, 2.75) is 12.8 Å². The van der Waals surface area contributed by atoms with Crippen LogP contribution in [0.3, 0.4) is 0 Å². The second-order valence-electron chi connectivity index (χ2n) is 4.35. The molecular weight excluding hydrogens is 239 g/mol. The standard InChI is InChI=1S/C12H13FN2O3/c13-10-3-1-2-9(14-10)12(18)15-5-4-8(7-15)6-11(16)17/h1-3,8H,4-7H2,(H,16,17). The van der Waals surface area contributed by atoms with Gasteiger partial charge in [0.15, 0.2) is 0 Å². The Labute approximate surface area is 103 Å². The highest BCUT2D eigenvalue weighted by Gasteiger charge is 2.28. The van der Waals surface area contributed by atoms with Crippen molar-refractivity contribution in [3.8, 4) is 0 Å². The summed E-state index contributed by atoms with van der Waals surface area (Å²) in [6.07, 6.45) is 0.716. The van der Waals surface area contributed by atoms with Crippen LogP contribution in [0.5, 0.6) is 0 Å². The minimum Gasteiger partial charge on any atom is -0.481 e. The molecule has 0 aliphatic carbocycles. The molecule has 1 atom stereocenters. The fourth-order valence-electron chi connectivity index (χ4n) is 2.12. The lowest BCUT2D eigenvalue weighted by atomic mass is 10.1. The normalized spacial score (nSPS) is 18.9. The summed E-state index contributed by atoms with van der Waals surface area (Å²) in [7, 11) is 0. The number of hydrogen-bond donors (Lipinski definition) is 1. The van der Waals surface area contributed by atoms with Crippen molar-refractivity contribution in [2.75, 3.05) is 13.1 Å². The number of likely N-dealkylation sites (tertiary alicyclic amines) is 1. The number of amides is 1. The summed E-state index contributed by atoms with van der Waals surface area (Å²) in [6, 6.07) is 4.06. The largest absolute Gasteiger partial charge is 0.481 e. The van der Waals surface area contributed by atoms with E-state index in [2.05, 4.69) is 4.98 Å². The lowest BCUT2D eigenvalue weighted by molar-refractivity contribution is -0.138. The topological polar surface area (TPSA) is 70.5 Å². The van der Waals surface area contributed by atoms with Gasteiger partial charge in [-0.25, -0.2) is 4.98 Å². The number of carboxylic acids is 1. The number of pyridine rings is 1. The molecule has 1 amide bonds. The minimum atomic E-state index is -0.863. The van der Waals surface area contributed by atoms with Gasteiger partial charge in [0, 0.05) is 19.5 Å². The van der Waals surface area contributed by atoms with E-state index in [4.69, 9.17) is 5.11 Å². The molecule has 1 aliphatic heterocycles. The average molecular weight is 252 g/mol. The van der Waals surface area contributed by atoms with E-state index in [1.54, 1.807) is 0 Å². The van der Waals surface area contributed by atoms with Gasteiger partial charge in [-0.3, -0.25) is 9.59 Å². The molecule has 2 rings (SSSR count). The molecule has 6 heteroatoms. The number of carboxylic acid groups (broad SMARTS) is 1. The molecule has 0 bridgehead atoms. The van der Waals surface area contributed by atoms with Gasteiger partial charge in [-0.15, -0.1) is 0 Å². The predicted octanol–water partition coefficient (Wildman–Crippen LogP) is 1.16. The molecule has 0 radical (unpaired) electrons. The van der Waals surface area contributed by atoms with Crippen LogP contribution in [0.4, 0.5) is 4.39 Å². The van der Waals surface area contributed by atoms with Gasteiger partial charge in [0.25, 0.3) is 5.91 Å². The third kappa shape index (κ3) is 2.82. The van der Waals surface area contributed by atoms with Crippen molar-refractivity contribution in [3.63, 3.8) is 0 Å².